The zero-order chi connectivity index (χ0) is 15.5. The lowest BCUT2D eigenvalue weighted by Gasteiger charge is -2.23. The van der Waals surface area contributed by atoms with Gasteiger partial charge < -0.3 is 11.1 Å². The second-order valence-electron chi connectivity index (χ2n) is 5.35. The van der Waals surface area contributed by atoms with E-state index in [0.29, 0.717) is 12.2 Å². The zero-order valence-electron chi connectivity index (χ0n) is 12.0. The third-order valence-corrected chi connectivity index (χ3v) is 3.00. The largest absolute Gasteiger partial charge is 0.344 e. The van der Waals surface area contributed by atoms with Gasteiger partial charge in [0.25, 0.3) is 11.5 Å². The Labute approximate surface area is 122 Å². The van der Waals surface area contributed by atoms with Gasteiger partial charge in [-0.05, 0) is 32.0 Å². The molecule has 1 aromatic carbocycles. The predicted octanol–water partition coefficient (Wildman–Crippen LogP) is 0.700. The van der Waals surface area contributed by atoms with E-state index in [9.17, 15) is 9.59 Å². The maximum absolute atomic E-state index is 12.2. The van der Waals surface area contributed by atoms with E-state index in [1.807, 2.05) is 19.9 Å². The first-order chi connectivity index (χ1) is 9.93. The number of aromatic nitrogens is 2. The van der Waals surface area contributed by atoms with E-state index in [-0.39, 0.29) is 17.2 Å². The molecule has 6 nitrogen and oxygen atoms in total. The van der Waals surface area contributed by atoms with Gasteiger partial charge in [-0.2, -0.15) is 9.78 Å². The lowest BCUT2D eigenvalue weighted by atomic mass is 10.1. The molecular formula is C15H18N4O2. The summed E-state index contributed by atoms with van der Waals surface area (Å²) in [5.41, 5.74) is 5.53. The topological polar surface area (TPSA) is 90.0 Å². The minimum absolute atomic E-state index is 0.167. The Morgan fingerprint density at radius 2 is 1.90 bits per heavy atom. The summed E-state index contributed by atoms with van der Waals surface area (Å²) >= 11 is 0. The zero-order valence-corrected chi connectivity index (χ0v) is 12.0. The van der Waals surface area contributed by atoms with Crippen molar-refractivity contribution in [3.8, 4) is 5.69 Å². The molecule has 6 heteroatoms. The third-order valence-electron chi connectivity index (χ3n) is 3.00. The van der Waals surface area contributed by atoms with Gasteiger partial charge in [0.15, 0.2) is 0 Å². The van der Waals surface area contributed by atoms with E-state index in [1.165, 1.54) is 16.8 Å². The number of carbonyl (C=O) groups excluding carboxylic acids is 1. The molecule has 2 aromatic rings. The number of carbonyl (C=O) groups is 1. The number of para-hydroxylation sites is 1. The van der Waals surface area contributed by atoms with Crippen LogP contribution in [0.25, 0.3) is 5.69 Å². The van der Waals surface area contributed by atoms with Gasteiger partial charge >= 0.3 is 0 Å². The Balaban J connectivity index is 2.36. The number of hydrogen-bond donors (Lipinski definition) is 2. The Bertz CT molecular complexity index is 692. The van der Waals surface area contributed by atoms with Crippen molar-refractivity contribution in [3.63, 3.8) is 0 Å². The van der Waals surface area contributed by atoms with Crippen molar-refractivity contribution in [2.24, 2.45) is 5.73 Å². The van der Waals surface area contributed by atoms with Crippen molar-refractivity contribution in [2.75, 3.05) is 6.54 Å². The van der Waals surface area contributed by atoms with Crippen molar-refractivity contribution in [2.45, 2.75) is 19.4 Å². The maximum atomic E-state index is 12.2. The average Bonchev–Trinajstić information content (AvgIpc) is 2.48. The van der Waals surface area contributed by atoms with E-state index >= 15 is 0 Å². The summed E-state index contributed by atoms with van der Waals surface area (Å²) in [6.45, 7) is 3.94. The van der Waals surface area contributed by atoms with Crippen LogP contribution in [0.3, 0.4) is 0 Å². The molecule has 0 saturated heterocycles. The minimum atomic E-state index is -0.535. The number of nitrogens with two attached hydrogens (primary N) is 1. The Hall–Kier alpha value is -2.47. The van der Waals surface area contributed by atoms with Crippen molar-refractivity contribution in [1.82, 2.24) is 15.1 Å². The molecule has 0 unspecified atom stereocenters. The van der Waals surface area contributed by atoms with E-state index in [0.717, 1.165) is 0 Å². The van der Waals surface area contributed by atoms with Crippen molar-refractivity contribution < 1.29 is 4.79 Å². The number of nitrogens with zero attached hydrogens (tertiary/aromatic N) is 2. The summed E-state index contributed by atoms with van der Waals surface area (Å²) in [6.07, 6.45) is 0. The average molecular weight is 286 g/mol. The fourth-order valence-electron chi connectivity index (χ4n) is 1.71. The van der Waals surface area contributed by atoms with Crippen LogP contribution in [-0.2, 0) is 0 Å². The number of nitrogens with one attached hydrogen (secondary N) is 1. The van der Waals surface area contributed by atoms with Crippen LogP contribution in [0.5, 0.6) is 0 Å². The van der Waals surface area contributed by atoms with Crippen LogP contribution in [0.15, 0.2) is 47.3 Å². The molecule has 0 spiro atoms. The van der Waals surface area contributed by atoms with Gasteiger partial charge in [-0.25, -0.2) is 0 Å². The maximum Gasteiger partial charge on any atom is 0.272 e. The summed E-state index contributed by atoms with van der Waals surface area (Å²) in [7, 11) is 0. The highest BCUT2D eigenvalue weighted by atomic mass is 16.2. The first kappa shape index (κ1) is 14.9. The molecule has 1 aromatic heterocycles. The summed E-state index contributed by atoms with van der Waals surface area (Å²) < 4.78 is 1.20. The number of rotatable bonds is 4. The second-order valence-corrected chi connectivity index (χ2v) is 5.35. The van der Waals surface area contributed by atoms with Gasteiger partial charge in [0.2, 0.25) is 0 Å². The van der Waals surface area contributed by atoms with Crippen LogP contribution in [-0.4, -0.2) is 27.8 Å². The molecule has 0 bridgehead atoms. The highest BCUT2D eigenvalue weighted by Crippen LogP contribution is 2.04. The fourth-order valence-corrected chi connectivity index (χ4v) is 1.71. The summed E-state index contributed by atoms with van der Waals surface area (Å²) in [4.78, 5) is 24.1. The van der Waals surface area contributed by atoms with Gasteiger partial charge in [-0.3, -0.25) is 9.59 Å². The van der Waals surface area contributed by atoms with Crippen LogP contribution in [0.2, 0.25) is 0 Å². The van der Waals surface area contributed by atoms with Gasteiger partial charge in [-0.1, -0.05) is 18.2 Å². The Morgan fingerprint density at radius 3 is 2.52 bits per heavy atom. The molecular weight excluding hydrogens is 268 g/mol. The fraction of sp³-hybridized carbons (Fsp3) is 0.267. The van der Waals surface area contributed by atoms with Crippen LogP contribution in [0.4, 0.5) is 0 Å². The van der Waals surface area contributed by atoms with E-state index < -0.39 is 5.54 Å². The van der Waals surface area contributed by atoms with Crippen LogP contribution < -0.4 is 16.6 Å². The molecule has 0 fully saturated rings. The Kier molecular flexibility index (Phi) is 4.18. The van der Waals surface area contributed by atoms with E-state index in [2.05, 4.69) is 10.4 Å². The number of amides is 1. The Morgan fingerprint density at radius 1 is 1.24 bits per heavy atom. The van der Waals surface area contributed by atoms with Crippen molar-refractivity contribution in [1.29, 1.82) is 0 Å². The van der Waals surface area contributed by atoms with Crippen molar-refractivity contribution >= 4 is 5.91 Å². The quantitative estimate of drug-likeness (QED) is 0.865. The standard InChI is InChI=1S/C15H18N4O2/c1-15(2,10-16)17-14(21)12-8-9-13(20)19(18-12)11-6-4-3-5-7-11/h3-9H,10,16H2,1-2H3,(H,17,21). The number of hydrogen-bond acceptors (Lipinski definition) is 4. The lowest BCUT2D eigenvalue weighted by molar-refractivity contribution is 0.0908. The van der Waals surface area contributed by atoms with Crippen LogP contribution in [0, 0.1) is 0 Å². The van der Waals surface area contributed by atoms with Gasteiger partial charge in [-0.15, -0.1) is 0 Å². The highest BCUT2D eigenvalue weighted by Gasteiger charge is 2.20. The summed E-state index contributed by atoms with van der Waals surface area (Å²) in [5.74, 6) is -0.366. The molecule has 110 valence electrons. The van der Waals surface area contributed by atoms with Gasteiger partial charge in [0.1, 0.15) is 5.69 Å². The van der Waals surface area contributed by atoms with Crippen LogP contribution in [0.1, 0.15) is 24.3 Å². The summed E-state index contributed by atoms with van der Waals surface area (Å²) in [5, 5.41) is 6.89. The molecule has 21 heavy (non-hydrogen) atoms. The first-order valence-corrected chi connectivity index (χ1v) is 6.61. The smallest absolute Gasteiger partial charge is 0.272 e. The molecule has 1 amide bonds. The molecule has 0 aliphatic heterocycles. The minimum Gasteiger partial charge on any atom is -0.344 e. The molecule has 0 radical (unpaired) electrons. The monoisotopic (exact) mass is 286 g/mol. The second kappa shape index (κ2) is 5.88. The molecule has 3 N–H and O–H groups in total. The predicted molar refractivity (Wildman–Crippen MR) is 80.4 cm³/mol. The van der Waals surface area contributed by atoms with Crippen molar-refractivity contribution in [3.05, 3.63) is 58.5 Å². The highest BCUT2D eigenvalue weighted by molar-refractivity contribution is 5.92. The van der Waals surface area contributed by atoms with Crippen LogP contribution >= 0.6 is 0 Å². The SMILES string of the molecule is CC(C)(CN)NC(=O)c1ccc(=O)n(-c2ccccc2)n1. The van der Waals surface area contributed by atoms with Gasteiger partial charge in [0.05, 0.1) is 5.69 Å². The van der Waals surface area contributed by atoms with E-state index in [1.54, 1.807) is 24.3 Å². The van der Waals surface area contributed by atoms with Gasteiger partial charge in [0, 0.05) is 18.2 Å². The molecule has 0 aliphatic carbocycles. The molecule has 0 saturated carbocycles. The molecule has 2 rings (SSSR count). The summed E-state index contributed by atoms with van der Waals surface area (Å²) in [6, 6.07) is 11.7. The first-order valence-electron chi connectivity index (χ1n) is 6.61. The molecule has 0 aliphatic rings. The third kappa shape index (κ3) is 3.55. The van der Waals surface area contributed by atoms with E-state index in [4.69, 9.17) is 5.73 Å². The molecule has 0 atom stereocenters. The molecule has 1 heterocycles. The normalized spacial score (nSPS) is 11.2. The lowest BCUT2D eigenvalue weighted by Crippen LogP contribution is -2.49. The number of benzene rings is 1.